The Morgan fingerprint density at radius 1 is 0.404 bits per heavy atom. The normalized spacial score (nSPS) is 24.8. The topological polar surface area (TPSA) is 647 Å². The van der Waals surface area contributed by atoms with Gasteiger partial charge in [0.25, 0.3) is 0 Å². The van der Waals surface area contributed by atoms with Crippen LogP contribution in [0.3, 0.4) is 0 Å². The molecule has 0 aromatic carbocycles. The maximum absolute atomic E-state index is 13.9. The molecule has 18 atom stereocenters. The smallest absolute Gasteiger partial charge is 0.242 e. The number of carbonyl (C=O) groups excluding carboxylic acids is 10. The molecule has 0 saturated carbocycles. The summed E-state index contributed by atoms with van der Waals surface area (Å²) in [5.41, 5.74) is 3.08. The molecule has 21 N–H and O–H groups in total. The maximum atomic E-state index is 13.9. The van der Waals surface area contributed by atoms with E-state index >= 15 is 0 Å². The van der Waals surface area contributed by atoms with Crippen LogP contribution < -0.4 is 59.1 Å². The van der Waals surface area contributed by atoms with Gasteiger partial charge in [-0.3, -0.25) is 53.4 Å². The van der Waals surface area contributed by atoms with E-state index in [2.05, 4.69) is 78.8 Å². The average Bonchev–Trinajstić information content (AvgIpc) is 1.52. The highest BCUT2D eigenvalue weighted by atomic mass is 16.7. The van der Waals surface area contributed by atoms with Gasteiger partial charge in [-0.1, -0.05) is 22.1 Å². The second-order valence-electron chi connectivity index (χ2n) is 26.5. The molecule has 3 aliphatic rings. The van der Waals surface area contributed by atoms with Gasteiger partial charge in [0.2, 0.25) is 59.1 Å². The van der Waals surface area contributed by atoms with Crippen LogP contribution in [0.25, 0.3) is 0 Å². The minimum Gasteiger partial charge on any atom is -0.388 e. The number of hydrazine groups is 1. The Morgan fingerprint density at radius 2 is 0.716 bits per heavy atom. The average molecular weight is 1560 g/mol. The molecule has 0 spiro atoms. The van der Waals surface area contributed by atoms with Gasteiger partial charge in [0, 0.05) is 65.1 Å². The predicted octanol–water partition coefficient (Wildman–Crippen LogP) is -9.48. The summed E-state index contributed by atoms with van der Waals surface area (Å²) in [4.78, 5) is 131. The van der Waals surface area contributed by atoms with Crippen molar-refractivity contribution in [2.75, 3.05) is 39.5 Å². The predicted molar refractivity (Wildman–Crippen MR) is 368 cm³/mol. The first-order valence-corrected chi connectivity index (χ1v) is 36.1. The molecule has 45 nitrogen and oxygen atoms in total. The van der Waals surface area contributed by atoms with Crippen molar-refractivity contribution in [2.24, 2.45) is 5.84 Å². The molecule has 612 valence electrons. The molecule has 3 aromatic heterocycles. The summed E-state index contributed by atoms with van der Waals surface area (Å²) in [5.74, 6) is -0.590. The monoisotopic (exact) mass is 1550 g/mol. The van der Waals surface area contributed by atoms with Crippen LogP contribution >= 0.6 is 0 Å². The number of carbonyl (C=O) groups is 10. The molecular weight excluding hydrogens is 1450 g/mol. The molecule has 3 aromatic rings. The molecule has 0 aliphatic carbocycles. The highest BCUT2D eigenvalue weighted by molar-refractivity contribution is 5.90. The molecule has 6 rings (SSSR count). The highest BCUT2D eigenvalue weighted by Crippen LogP contribution is 2.25. The number of hydrogen-bond donors (Lipinski definition) is 20. The van der Waals surface area contributed by atoms with Gasteiger partial charge >= 0.3 is 0 Å². The lowest BCUT2D eigenvalue weighted by atomic mass is 10.0. The molecule has 10 amide bonds. The number of aliphatic hydroxyl groups excluding tert-OH is 9. The van der Waals surface area contributed by atoms with E-state index in [1.54, 1.807) is 0 Å². The van der Waals surface area contributed by atoms with Crippen LogP contribution in [0.15, 0.2) is 18.6 Å². The molecule has 3 unspecified atom stereocenters. The fourth-order valence-electron chi connectivity index (χ4n) is 11.2. The quantitative estimate of drug-likeness (QED) is 0.0108. The molecular formula is C64H106N20O25. The van der Waals surface area contributed by atoms with Crippen molar-refractivity contribution in [1.82, 2.24) is 98.3 Å². The Balaban J connectivity index is 0.974. The van der Waals surface area contributed by atoms with Crippen molar-refractivity contribution in [3.8, 4) is 0 Å². The van der Waals surface area contributed by atoms with E-state index in [1.807, 2.05) is 5.43 Å². The second-order valence-corrected chi connectivity index (χ2v) is 26.5. The number of hydrogen-bond acceptors (Lipinski definition) is 32. The lowest BCUT2D eigenvalue weighted by Crippen LogP contribution is -2.57. The number of ether oxygens (including phenoxy) is 6. The molecule has 3 fully saturated rings. The van der Waals surface area contributed by atoms with Crippen LogP contribution in [-0.2, 0) is 116 Å². The van der Waals surface area contributed by atoms with Crippen molar-refractivity contribution >= 4 is 59.1 Å². The zero-order valence-electron chi connectivity index (χ0n) is 61.2. The van der Waals surface area contributed by atoms with E-state index in [4.69, 9.17) is 34.3 Å². The second kappa shape index (κ2) is 46.2. The first kappa shape index (κ1) is 89.4. The molecule has 0 radical (unpaired) electrons. The lowest BCUT2D eigenvalue weighted by molar-refractivity contribution is -0.293. The van der Waals surface area contributed by atoms with E-state index in [9.17, 15) is 93.9 Å². The number of amides is 10. The summed E-state index contributed by atoms with van der Waals surface area (Å²) in [6, 6.07) is -3.69. The third kappa shape index (κ3) is 30.7. The summed E-state index contributed by atoms with van der Waals surface area (Å²) in [6.07, 6.45) is -14.3. The number of nitrogens with one attached hydrogen (secondary N) is 10. The van der Waals surface area contributed by atoms with E-state index in [-0.39, 0.29) is 155 Å². The fourth-order valence-corrected chi connectivity index (χ4v) is 11.2. The zero-order valence-corrected chi connectivity index (χ0v) is 61.2. The minimum absolute atomic E-state index is 0.00748. The molecule has 0 bridgehead atoms. The number of unbranched alkanes of at least 4 members (excludes halogenated alkanes) is 2. The van der Waals surface area contributed by atoms with Gasteiger partial charge in [-0.25, -0.2) is 19.9 Å². The van der Waals surface area contributed by atoms with Crippen LogP contribution in [0, 0.1) is 0 Å². The van der Waals surface area contributed by atoms with Gasteiger partial charge in [-0.2, -0.15) is 0 Å². The summed E-state index contributed by atoms with van der Waals surface area (Å²) in [5, 5.41) is 139. The van der Waals surface area contributed by atoms with Crippen molar-refractivity contribution in [3.05, 3.63) is 35.7 Å². The fraction of sp³-hybridized carbons (Fsp3) is 0.750. The number of nitrogens with zero attached hydrogens (tertiary/aromatic N) is 9. The van der Waals surface area contributed by atoms with E-state index < -0.39 is 163 Å². The van der Waals surface area contributed by atoms with Gasteiger partial charge in [-0.15, -0.1) is 15.3 Å². The molecule has 3 aliphatic heterocycles. The SMILES string of the molecule is CC(=O)NC(CCC(=O)NCc1cn(CCO[C@@H]2O[C@@H](C)[C@@H](O)[C@@H](O)[C@@H]2O)nn1)C(=O)NCCCC(=O)NC(CCC(=O)NCc1cn(CCO[C@@H]2O[C@@H](C)[C@@H](O)[C@@H](O)[C@@H]2O)nn1)C(=O)NCCCC(=O)NC(CCC(=O)NCc1cn(CCO[C@@H]2O[C@@H](C)[C@@H](O)[C@@H](O)[C@@H]2O)nn1)C(=O)NCCCCCC(=O)NN. The largest absolute Gasteiger partial charge is 0.388 e. The summed E-state index contributed by atoms with van der Waals surface area (Å²) in [6.45, 7) is 5.74. The summed E-state index contributed by atoms with van der Waals surface area (Å²) < 4.78 is 37.1. The standard InChI is InChI=1S/C64H106N20O25/c1-34-50(92)53(95)56(98)62(107-34)104-25-22-82-31-38(76-79-82)28-69-44(86)16-13-41(72-37(4)85)59(101)67-20-8-11-48(90)74-43(15-18-46(88)71-30-40-33-84(81-78-40)24-27-106-64-58(100)55(97)52(94)36(3)109-64)61(103)68-21-9-12-47(89)73-42(60(102)66-19-7-5-6-10-49(91)75-65)14-17-45(87)70-29-39-32-83(80-77-39)23-26-105-63-57(99)54(96)51(93)35(2)108-63/h31-36,41-43,50-58,62-64,92-100H,5-30,65H2,1-4H3,(H,66,102)(H,67,101)(H,68,103)(H,69,86)(H,70,87)(H,71,88)(H,72,85)(H,73,89)(H,74,90)(H,75,91)/t34-,35-,36-,41?,42?,43?,50+,51+,52+,53+,54+,55+,56-,57-,58-,62+,63+,64+/m0/s1. The van der Waals surface area contributed by atoms with Crippen molar-refractivity contribution < 1.29 is 122 Å². The van der Waals surface area contributed by atoms with Crippen molar-refractivity contribution in [3.63, 3.8) is 0 Å². The van der Waals surface area contributed by atoms with Crippen LogP contribution in [0.1, 0.15) is 135 Å². The number of aromatic nitrogens is 9. The Bertz CT molecular complexity index is 3370. The van der Waals surface area contributed by atoms with E-state index in [1.165, 1.54) is 60.3 Å². The van der Waals surface area contributed by atoms with Gasteiger partial charge < -0.3 is 122 Å². The first-order chi connectivity index (χ1) is 52.0. The van der Waals surface area contributed by atoms with Crippen molar-refractivity contribution in [2.45, 2.75) is 267 Å². The number of nitrogens with two attached hydrogens (primary N) is 1. The Morgan fingerprint density at radius 3 is 1.04 bits per heavy atom. The maximum Gasteiger partial charge on any atom is 0.242 e. The summed E-state index contributed by atoms with van der Waals surface area (Å²) >= 11 is 0. The Labute approximate surface area is 625 Å². The van der Waals surface area contributed by atoms with Crippen LogP contribution in [0.4, 0.5) is 0 Å². The lowest BCUT2D eigenvalue weighted by Gasteiger charge is -2.38. The van der Waals surface area contributed by atoms with Gasteiger partial charge in [0.15, 0.2) is 18.9 Å². The van der Waals surface area contributed by atoms with Gasteiger partial charge in [0.05, 0.1) is 96.0 Å². The van der Waals surface area contributed by atoms with Crippen LogP contribution in [0.5, 0.6) is 0 Å². The van der Waals surface area contributed by atoms with Crippen molar-refractivity contribution in [1.29, 1.82) is 0 Å². The Kier molecular flexibility index (Phi) is 37.9. The molecule has 109 heavy (non-hydrogen) atoms. The zero-order chi connectivity index (χ0) is 79.7. The molecule has 45 heteroatoms. The highest BCUT2D eigenvalue weighted by Gasteiger charge is 2.45. The van der Waals surface area contributed by atoms with Crippen LogP contribution in [0.2, 0.25) is 0 Å². The van der Waals surface area contributed by atoms with Gasteiger partial charge in [-0.05, 0) is 65.7 Å². The van der Waals surface area contributed by atoms with Gasteiger partial charge in [0.1, 0.15) is 90.1 Å². The first-order valence-electron chi connectivity index (χ1n) is 36.1. The minimum atomic E-state index is -1.51. The van der Waals surface area contributed by atoms with E-state index in [0.29, 0.717) is 36.3 Å². The molecule has 3 saturated heterocycles. The number of aliphatic hydroxyl groups is 9. The van der Waals surface area contributed by atoms with E-state index in [0.717, 1.165) is 0 Å². The molecule has 6 heterocycles. The Hall–Kier alpha value is -8.52. The summed E-state index contributed by atoms with van der Waals surface area (Å²) in [7, 11) is 0. The van der Waals surface area contributed by atoms with Crippen LogP contribution in [-0.4, -0.2) is 300 Å². The third-order valence-electron chi connectivity index (χ3n) is 17.7. The third-order valence-corrected chi connectivity index (χ3v) is 17.7. The number of rotatable bonds is 47.